The Morgan fingerprint density at radius 1 is 1.62 bits per heavy atom. The van der Waals surface area contributed by atoms with E-state index in [0.29, 0.717) is 6.04 Å². The first-order chi connectivity index (χ1) is 6.31. The van der Waals surface area contributed by atoms with Crippen LogP contribution in [0.1, 0.15) is 42.7 Å². The lowest BCUT2D eigenvalue weighted by Crippen LogP contribution is -2.10. The van der Waals surface area contributed by atoms with E-state index in [1.165, 1.54) is 29.7 Å². The molecule has 2 N–H and O–H groups in total. The van der Waals surface area contributed by atoms with Crippen LogP contribution in [0.2, 0.25) is 0 Å². The van der Waals surface area contributed by atoms with Crippen molar-refractivity contribution in [2.75, 3.05) is 0 Å². The zero-order valence-electron chi connectivity index (χ0n) is 8.12. The van der Waals surface area contributed by atoms with Gasteiger partial charge in [-0.15, -0.1) is 11.3 Å². The first-order valence-electron chi connectivity index (χ1n) is 5.13. The van der Waals surface area contributed by atoms with E-state index in [-0.39, 0.29) is 0 Å². The third kappa shape index (κ3) is 2.12. The topological polar surface area (TPSA) is 26.0 Å². The summed E-state index contributed by atoms with van der Waals surface area (Å²) in [6.07, 6.45) is 5.13. The van der Waals surface area contributed by atoms with Gasteiger partial charge in [-0.25, -0.2) is 0 Å². The van der Waals surface area contributed by atoms with E-state index in [4.69, 9.17) is 5.73 Å². The highest BCUT2D eigenvalue weighted by atomic mass is 32.1. The average Bonchev–Trinajstić information content (AvgIpc) is 2.82. The van der Waals surface area contributed by atoms with Gasteiger partial charge < -0.3 is 5.73 Å². The standard InChI is InChI=1S/C11H17NS/c1-2-9-5-6-13-11(9)10(12)7-8-3-4-8/h5-6,8,10H,2-4,7,12H2,1H3. The quantitative estimate of drug-likeness (QED) is 0.785. The summed E-state index contributed by atoms with van der Waals surface area (Å²) in [4.78, 5) is 1.43. The largest absolute Gasteiger partial charge is 0.323 e. The van der Waals surface area contributed by atoms with Crippen molar-refractivity contribution in [3.63, 3.8) is 0 Å². The summed E-state index contributed by atoms with van der Waals surface area (Å²) in [6.45, 7) is 2.20. The van der Waals surface area contributed by atoms with Crippen molar-refractivity contribution in [3.05, 3.63) is 21.9 Å². The predicted octanol–water partition coefficient (Wildman–Crippen LogP) is 3.11. The van der Waals surface area contributed by atoms with Crippen molar-refractivity contribution in [1.82, 2.24) is 0 Å². The Labute approximate surface area is 84.0 Å². The lowest BCUT2D eigenvalue weighted by atomic mass is 10.1. The Bertz CT molecular complexity index is 275. The highest BCUT2D eigenvalue weighted by Crippen LogP contribution is 2.38. The molecule has 2 heteroatoms. The fraction of sp³-hybridized carbons (Fsp3) is 0.636. The van der Waals surface area contributed by atoms with Gasteiger partial charge in [-0.2, -0.15) is 0 Å². The highest BCUT2D eigenvalue weighted by molar-refractivity contribution is 7.10. The van der Waals surface area contributed by atoms with Crippen LogP contribution in [0, 0.1) is 5.92 Å². The fourth-order valence-electron chi connectivity index (χ4n) is 1.78. The number of rotatable bonds is 4. The molecule has 0 radical (unpaired) electrons. The van der Waals surface area contributed by atoms with Gasteiger partial charge in [0.2, 0.25) is 0 Å². The van der Waals surface area contributed by atoms with Crippen LogP contribution in [-0.4, -0.2) is 0 Å². The molecule has 1 aliphatic rings. The van der Waals surface area contributed by atoms with Crippen LogP contribution in [0.15, 0.2) is 11.4 Å². The number of nitrogens with two attached hydrogens (primary N) is 1. The van der Waals surface area contributed by atoms with Gasteiger partial charge in [0.05, 0.1) is 0 Å². The van der Waals surface area contributed by atoms with Gasteiger partial charge in [0, 0.05) is 10.9 Å². The summed E-state index contributed by atoms with van der Waals surface area (Å²) < 4.78 is 0. The van der Waals surface area contributed by atoms with Gasteiger partial charge >= 0.3 is 0 Å². The maximum absolute atomic E-state index is 6.17. The molecular weight excluding hydrogens is 178 g/mol. The van der Waals surface area contributed by atoms with Crippen LogP contribution in [0.4, 0.5) is 0 Å². The lowest BCUT2D eigenvalue weighted by molar-refractivity contribution is 0.601. The second-order valence-electron chi connectivity index (χ2n) is 3.95. The lowest BCUT2D eigenvalue weighted by Gasteiger charge is -2.10. The highest BCUT2D eigenvalue weighted by Gasteiger charge is 2.25. The Morgan fingerprint density at radius 3 is 3.00 bits per heavy atom. The molecule has 1 fully saturated rings. The zero-order chi connectivity index (χ0) is 9.26. The molecule has 1 aliphatic carbocycles. The number of hydrogen-bond donors (Lipinski definition) is 1. The molecule has 2 rings (SSSR count). The Balaban J connectivity index is 2.04. The second-order valence-corrected chi connectivity index (χ2v) is 4.90. The van der Waals surface area contributed by atoms with E-state index < -0.39 is 0 Å². The summed E-state index contributed by atoms with van der Waals surface area (Å²) in [5, 5.41) is 2.17. The van der Waals surface area contributed by atoms with E-state index in [1.807, 2.05) is 11.3 Å². The first kappa shape index (κ1) is 9.22. The summed E-state index contributed by atoms with van der Waals surface area (Å²) in [7, 11) is 0. The molecule has 1 atom stereocenters. The van der Waals surface area contributed by atoms with E-state index >= 15 is 0 Å². The molecule has 0 bridgehead atoms. The predicted molar refractivity (Wildman–Crippen MR) is 58.0 cm³/mol. The maximum atomic E-state index is 6.17. The third-order valence-electron chi connectivity index (χ3n) is 2.78. The minimum atomic E-state index is 0.308. The SMILES string of the molecule is CCc1ccsc1C(N)CC1CC1. The van der Waals surface area contributed by atoms with Gasteiger partial charge in [0.25, 0.3) is 0 Å². The van der Waals surface area contributed by atoms with Crippen molar-refractivity contribution in [3.8, 4) is 0 Å². The summed E-state index contributed by atoms with van der Waals surface area (Å²) in [6, 6.07) is 2.52. The van der Waals surface area contributed by atoms with Gasteiger partial charge in [-0.3, -0.25) is 0 Å². The molecule has 0 amide bonds. The minimum absolute atomic E-state index is 0.308. The first-order valence-corrected chi connectivity index (χ1v) is 6.01. The van der Waals surface area contributed by atoms with Crippen molar-refractivity contribution >= 4 is 11.3 Å². The van der Waals surface area contributed by atoms with Crippen LogP contribution < -0.4 is 5.73 Å². The molecule has 1 nitrogen and oxygen atoms in total. The molecule has 0 saturated heterocycles. The van der Waals surface area contributed by atoms with Crippen molar-refractivity contribution in [2.45, 2.75) is 38.6 Å². The zero-order valence-corrected chi connectivity index (χ0v) is 8.94. The minimum Gasteiger partial charge on any atom is -0.323 e. The molecule has 1 unspecified atom stereocenters. The number of thiophene rings is 1. The Kier molecular flexibility index (Phi) is 2.70. The van der Waals surface area contributed by atoms with Gasteiger partial charge in [0.1, 0.15) is 0 Å². The van der Waals surface area contributed by atoms with Crippen molar-refractivity contribution < 1.29 is 0 Å². The van der Waals surface area contributed by atoms with Gasteiger partial charge in [-0.1, -0.05) is 19.8 Å². The van der Waals surface area contributed by atoms with Crippen LogP contribution in [0.25, 0.3) is 0 Å². The molecule has 0 aromatic carbocycles. The van der Waals surface area contributed by atoms with E-state index in [0.717, 1.165) is 12.3 Å². The average molecular weight is 195 g/mol. The van der Waals surface area contributed by atoms with E-state index in [1.54, 1.807) is 0 Å². The smallest absolute Gasteiger partial charge is 0.0395 e. The summed E-state index contributed by atoms with van der Waals surface area (Å²) >= 11 is 1.83. The van der Waals surface area contributed by atoms with Crippen molar-refractivity contribution in [1.29, 1.82) is 0 Å². The molecule has 1 heterocycles. The van der Waals surface area contributed by atoms with Crippen LogP contribution in [0.3, 0.4) is 0 Å². The van der Waals surface area contributed by atoms with Crippen LogP contribution in [-0.2, 0) is 6.42 Å². The summed E-state index contributed by atoms with van der Waals surface area (Å²) in [5.74, 6) is 0.932. The maximum Gasteiger partial charge on any atom is 0.0395 e. The molecule has 0 aliphatic heterocycles. The summed E-state index contributed by atoms with van der Waals surface area (Å²) in [5.41, 5.74) is 7.62. The Hall–Kier alpha value is -0.340. The molecule has 13 heavy (non-hydrogen) atoms. The normalized spacial score (nSPS) is 18.9. The number of aryl methyl sites for hydroxylation is 1. The number of hydrogen-bond acceptors (Lipinski definition) is 2. The monoisotopic (exact) mass is 195 g/mol. The molecule has 1 saturated carbocycles. The molecular formula is C11H17NS. The molecule has 1 aromatic rings. The second kappa shape index (κ2) is 3.81. The molecule has 1 aromatic heterocycles. The molecule has 72 valence electrons. The van der Waals surface area contributed by atoms with Crippen LogP contribution in [0.5, 0.6) is 0 Å². The van der Waals surface area contributed by atoms with Crippen LogP contribution >= 0.6 is 11.3 Å². The van der Waals surface area contributed by atoms with Crippen molar-refractivity contribution in [2.24, 2.45) is 11.7 Å². The van der Waals surface area contributed by atoms with E-state index in [2.05, 4.69) is 18.4 Å². The van der Waals surface area contributed by atoms with Gasteiger partial charge in [-0.05, 0) is 35.8 Å². The molecule has 0 spiro atoms. The third-order valence-corrected chi connectivity index (χ3v) is 3.87. The Morgan fingerprint density at radius 2 is 2.38 bits per heavy atom. The van der Waals surface area contributed by atoms with E-state index in [9.17, 15) is 0 Å². The fourth-order valence-corrected chi connectivity index (χ4v) is 2.80. The van der Waals surface area contributed by atoms with Gasteiger partial charge in [0.15, 0.2) is 0 Å².